The van der Waals surface area contributed by atoms with Gasteiger partial charge in [0.05, 0.1) is 6.54 Å². The lowest BCUT2D eigenvalue weighted by molar-refractivity contribution is -0.136. The van der Waals surface area contributed by atoms with E-state index in [1.54, 1.807) is 0 Å². The van der Waals surface area contributed by atoms with Gasteiger partial charge in [-0.3, -0.25) is 4.79 Å². The summed E-state index contributed by atoms with van der Waals surface area (Å²) in [5, 5.41) is 11.5. The molecule has 0 atom stereocenters. The monoisotopic (exact) mass is 199 g/mol. The first kappa shape index (κ1) is 11.5. The summed E-state index contributed by atoms with van der Waals surface area (Å²) < 4.78 is 0. The van der Waals surface area contributed by atoms with Crippen molar-refractivity contribution in [2.45, 2.75) is 39.5 Å². The first-order chi connectivity index (χ1) is 6.52. The molecule has 1 aliphatic carbocycles. The molecule has 1 aliphatic rings. The van der Waals surface area contributed by atoms with E-state index in [4.69, 9.17) is 5.11 Å². The molecule has 0 aliphatic heterocycles. The molecule has 0 aromatic rings. The molecular formula is C11H21NO2. The van der Waals surface area contributed by atoms with Crippen LogP contribution in [0.3, 0.4) is 0 Å². The van der Waals surface area contributed by atoms with Crippen LogP contribution in [-0.4, -0.2) is 24.2 Å². The lowest BCUT2D eigenvalue weighted by Crippen LogP contribution is -2.37. The van der Waals surface area contributed by atoms with Gasteiger partial charge >= 0.3 is 5.97 Å². The molecule has 0 heterocycles. The first-order valence-electron chi connectivity index (χ1n) is 5.45. The van der Waals surface area contributed by atoms with Gasteiger partial charge in [-0.2, -0.15) is 0 Å². The molecule has 0 radical (unpaired) electrons. The van der Waals surface area contributed by atoms with E-state index in [1.165, 1.54) is 25.7 Å². The van der Waals surface area contributed by atoms with E-state index in [1.807, 2.05) is 0 Å². The lowest BCUT2D eigenvalue weighted by atomic mass is 9.78. The molecule has 0 amide bonds. The SMILES string of the molecule is CC(C)(CNCC(=O)O)C1CCCC1. The molecule has 3 heteroatoms. The summed E-state index contributed by atoms with van der Waals surface area (Å²) in [6.07, 6.45) is 5.30. The van der Waals surface area contributed by atoms with Gasteiger partial charge in [0, 0.05) is 6.54 Å². The molecular weight excluding hydrogens is 178 g/mol. The van der Waals surface area contributed by atoms with Gasteiger partial charge in [-0.05, 0) is 24.2 Å². The van der Waals surface area contributed by atoms with Crippen LogP contribution in [-0.2, 0) is 4.79 Å². The summed E-state index contributed by atoms with van der Waals surface area (Å²) in [5.74, 6) is -0.00369. The highest BCUT2D eigenvalue weighted by Gasteiger charge is 2.31. The summed E-state index contributed by atoms with van der Waals surface area (Å²) in [7, 11) is 0. The Hall–Kier alpha value is -0.570. The third-order valence-corrected chi connectivity index (χ3v) is 3.32. The fourth-order valence-corrected chi connectivity index (χ4v) is 2.34. The average Bonchev–Trinajstić information content (AvgIpc) is 2.54. The number of carbonyl (C=O) groups is 1. The van der Waals surface area contributed by atoms with Crippen molar-refractivity contribution in [3.63, 3.8) is 0 Å². The van der Waals surface area contributed by atoms with Crippen molar-refractivity contribution >= 4 is 5.97 Å². The number of carboxylic acids is 1. The lowest BCUT2D eigenvalue weighted by Gasteiger charge is -2.31. The largest absolute Gasteiger partial charge is 0.480 e. The summed E-state index contributed by atoms with van der Waals surface area (Å²) in [6, 6.07) is 0. The molecule has 0 aromatic carbocycles. The Morgan fingerprint density at radius 3 is 2.50 bits per heavy atom. The van der Waals surface area contributed by atoms with Crippen LogP contribution < -0.4 is 5.32 Å². The molecule has 14 heavy (non-hydrogen) atoms. The van der Waals surface area contributed by atoms with E-state index in [0.29, 0.717) is 0 Å². The maximum absolute atomic E-state index is 10.3. The predicted octanol–water partition coefficient (Wildman–Crippen LogP) is 1.88. The fourth-order valence-electron chi connectivity index (χ4n) is 2.34. The van der Waals surface area contributed by atoms with Crippen LogP contribution in [0.2, 0.25) is 0 Å². The highest BCUT2D eigenvalue weighted by molar-refractivity contribution is 5.68. The Bertz CT molecular complexity index is 195. The smallest absolute Gasteiger partial charge is 0.317 e. The quantitative estimate of drug-likeness (QED) is 0.710. The topological polar surface area (TPSA) is 49.3 Å². The number of nitrogens with one attached hydrogen (secondary N) is 1. The maximum Gasteiger partial charge on any atom is 0.317 e. The Kier molecular flexibility index (Phi) is 3.93. The molecule has 82 valence electrons. The number of rotatable bonds is 5. The van der Waals surface area contributed by atoms with Crippen LogP contribution in [0.4, 0.5) is 0 Å². The third-order valence-electron chi connectivity index (χ3n) is 3.32. The van der Waals surface area contributed by atoms with E-state index in [9.17, 15) is 4.79 Å². The van der Waals surface area contributed by atoms with E-state index >= 15 is 0 Å². The predicted molar refractivity (Wildman–Crippen MR) is 56.2 cm³/mol. The fraction of sp³-hybridized carbons (Fsp3) is 0.909. The first-order valence-corrected chi connectivity index (χ1v) is 5.45. The van der Waals surface area contributed by atoms with E-state index in [2.05, 4.69) is 19.2 Å². The van der Waals surface area contributed by atoms with Crippen molar-refractivity contribution < 1.29 is 9.90 Å². The van der Waals surface area contributed by atoms with Crippen molar-refractivity contribution in [2.75, 3.05) is 13.1 Å². The molecule has 0 bridgehead atoms. The van der Waals surface area contributed by atoms with Crippen molar-refractivity contribution in [1.29, 1.82) is 0 Å². The normalized spacial score (nSPS) is 18.7. The van der Waals surface area contributed by atoms with E-state index < -0.39 is 5.97 Å². The summed E-state index contributed by atoms with van der Waals surface area (Å²) in [6.45, 7) is 5.36. The third kappa shape index (κ3) is 3.29. The van der Waals surface area contributed by atoms with Crippen molar-refractivity contribution in [3.8, 4) is 0 Å². The number of hydrogen-bond acceptors (Lipinski definition) is 2. The maximum atomic E-state index is 10.3. The Balaban J connectivity index is 2.29. The second-order valence-corrected chi connectivity index (χ2v) is 4.97. The van der Waals surface area contributed by atoms with Gasteiger partial charge < -0.3 is 10.4 Å². The minimum absolute atomic E-state index is 0.0795. The van der Waals surface area contributed by atoms with Gasteiger partial charge in [-0.1, -0.05) is 26.7 Å². The Labute approximate surface area is 85.9 Å². The standard InChI is InChI=1S/C11H21NO2/c1-11(2,8-12-7-10(13)14)9-5-3-4-6-9/h9,12H,3-8H2,1-2H3,(H,13,14). The minimum atomic E-state index is -0.771. The number of hydrogen-bond donors (Lipinski definition) is 2. The number of aliphatic carboxylic acids is 1. The van der Waals surface area contributed by atoms with Gasteiger partial charge in [0.2, 0.25) is 0 Å². The molecule has 0 unspecified atom stereocenters. The minimum Gasteiger partial charge on any atom is -0.480 e. The molecule has 1 fully saturated rings. The highest BCUT2D eigenvalue weighted by Crippen LogP contribution is 2.38. The summed E-state index contributed by atoms with van der Waals surface area (Å²) in [4.78, 5) is 10.3. The van der Waals surface area contributed by atoms with Crippen LogP contribution in [0.1, 0.15) is 39.5 Å². The summed E-state index contributed by atoms with van der Waals surface area (Å²) >= 11 is 0. The van der Waals surface area contributed by atoms with Crippen LogP contribution in [0.25, 0.3) is 0 Å². The molecule has 0 spiro atoms. The second-order valence-electron chi connectivity index (χ2n) is 4.97. The second kappa shape index (κ2) is 4.78. The zero-order chi connectivity index (χ0) is 10.6. The van der Waals surface area contributed by atoms with Crippen molar-refractivity contribution in [1.82, 2.24) is 5.32 Å². The van der Waals surface area contributed by atoms with Crippen molar-refractivity contribution in [3.05, 3.63) is 0 Å². The van der Waals surface area contributed by atoms with Crippen LogP contribution in [0, 0.1) is 11.3 Å². The molecule has 3 nitrogen and oxygen atoms in total. The van der Waals surface area contributed by atoms with E-state index in [0.717, 1.165) is 12.5 Å². The van der Waals surface area contributed by atoms with Crippen LogP contribution in [0.5, 0.6) is 0 Å². The summed E-state index contributed by atoms with van der Waals surface area (Å²) in [5.41, 5.74) is 0.242. The Morgan fingerprint density at radius 2 is 2.00 bits per heavy atom. The van der Waals surface area contributed by atoms with Gasteiger partial charge in [0.25, 0.3) is 0 Å². The van der Waals surface area contributed by atoms with Crippen LogP contribution in [0.15, 0.2) is 0 Å². The molecule has 0 saturated heterocycles. The van der Waals surface area contributed by atoms with Gasteiger partial charge in [-0.15, -0.1) is 0 Å². The molecule has 1 rings (SSSR count). The molecule has 2 N–H and O–H groups in total. The van der Waals surface area contributed by atoms with Crippen LogP contribution >= 0.6 is 0 Å². The van der Waals surface area contributed by atoms with E-state index in [-0.39, 0.29) is 12.0 Å². The van der Waals surface area contributed by atoms with Gasteiger partial charge in [0.1, 0.15) is 0 Å². The van der Waals surface area contributed by atoms with Gasteiger partial charge in [0.15, 0.2) is 0 Å². The number of carboxylic acid groups (broad SMARTS) is 1. The molecule has 0 aromatic heterocycles. The van der Waals surface area contributed by atoms with Gasteiger partial charge in [-0.25, -0.2) is 0 Å². The zero-order valence-electron chi connectivity index (χ0n) is 9.18. The Morgan fingerprint density at radius 1 is 1.43 bits per heavy atom. The zero-order valence-corrected chi connectivity index (χ0v) is 9.18. The highest BCUT2D eigenvalue weighted by atomic mass is 16.4. The van der Waals surface area contributed by atoms with Crippen molar-refractivity contribution in [2.24, 2.45) is 11.3 Å². The average molecular weight is 199 g/mol. The molecule has 1 saturated carbocycles.